The van der Waals surface area contributed by atoms with E-state index in [-0.39, 0.29) is 11.6 Å². The molecule has 3 aromatic rings. The molecule has 0 radical (unpaired) electrons. The summed E-state index contributed by atoms with van der Waals surface area (Å²) in [5.74, 6) is -1.20. The SMILES string of the molecule is O=C1Nc2c(F)ccc(CCNCCCc3c[nH]c4ccccc34)c2C1C=S. The molecule has 1 unspecified atom stereocenters. The maximum absolute atomic E-state index is 14.0. The summed E-state index contributed by atoms with van der Waals surface area (Å²) in [6.45, 7) is 1.67. The number of fused-ring (bicyclic) bond motifs is 2. The summed E-state index contributed by atoms with van der Waals surface area (Å²) in [5.41, 5.74) is 4.45. The number of carbonyl (C=O) groups is 1. The minimum atomic E-state index is -0.544. The molecular weight excluding hydrogens is 373 g/mol. The molecule has 2 heterocycles. The molecule has 0 fully saturated rings. The second-order valence-electron chi connectivity index (χ2n) is 7.06. The molecule has 1 atom stereocenters. The molecule has 2 aromatic carbocycles. The van der Waals surface area contributed by atoms with Crippen LogP contribution in [0.2, 0.25) is 0 Å². The predicted octanol–water partition coefficient (Wildman–Crippen LogP) is 4.11. The van der Waals surface area contributed by atoms with Crippen LogP contribution in [0.5, 0.6) is 0 Å². The van der Waals surface area contributed by atoms with Crippen LogP contribution in [0.25, 0.3) is 10.9 Å². The first kappa shape index (κ1) is 18.8. The van der Waals surface area contributed by atoms with Crippen molar-refractivity contribution in [1.29, 1.82) is 0 Å². The van der Waals surface area contributed by atoms with Crippen molar-refractivity contribution < 1.29 is 9.18 Å². The zero-order valence-electron chi connectivity index (χ0n) is 15.4. The third kappa shape index (κ3) is 3.57. The van der Waals surface area contributed by atoms with Gasteiger partial charge in [-0.05, 0) is 66.5 Å². The van der Waals surface area contributed by atoms with E-state index in [0.29, 0.717) is 5.56 Å². The van der Waals surface area contributed by atoms with Gasteiger partial charge in [0.1, 0.15) is 5.82 Å². The van der Waals surface area contributed by atoms with Crippen LogP contribution in [-0.2, 0) is 17.6 Å². The molecule has 4 nitrogen and oxygen atoms in total. The molecule has 0 aliphatic carbocycles. The lowest BCUT2D eigenvalue weighted by molar-refractivity contribution is -0.115. The number of thiocarbonyl (C=S) groups is 1. The van der Waals surface area contributed by atoms with Crippen LogP contribution in [0.4, 0.5) is 10.1 Å². The molecular formula is C22H22FN3OS. The lowest BCUT2D eigenvalue weighted by Gasteiger charge is -2.11. The Bertz CT molecular complexity index is 1030. The Balaban J connectivity index is 1.30. The Kier molecular flexibility index (Phi) is 5.50. The van der Waals surface area contributed by atoms with Gasteiger partial charge in [-0.25, -0.2) is 4.39 Å². The monoisotopic (exact) mass is 395 g/mol. The molecule has 6 heteroatoms. The Morgan fingerprint density at radius 1 is 1.11 bits per heavy atom. The van der Waals surface area contributed by atoms with Gasteiger partial charge in [-0.15, -0.1) is 0 Å². The molecule has 1 aliphatic heterocycles. The summed E-state index contributed by atoms with van der Waals surface area (Å²) < 4.78 is 14.0. The normalized spacial score (nSPS) is 15.6. The summed E-state index contributed by atoms with van der Waals surface area (Å²) in [6, 6.07) is 11.5. The number of anilines is 1. The zero-order chi connectivity index (χ0) is 19.5. The van der Waals surface area contributed by atoms with Gasteiger partial charge in [0.2, 0.25) is 5.91 Å². The van der Waals surface area contributed by atoms with Crippen LogP contribution in [0, 0.1) is 5.82 Å². The highest BCUT2D eigenvalue weighted by Crippen LogP contribution is 2.36. The lowest BCUT2D eigenvalue weighted by atomic mass is 9.94. The third-order valence-corrected chi connectivity index (χ3v) is 5.58. The molecule has 28 heavy (non-hydrogen) atoms. The number of aryl methyl sites for hydroxylation is 1. The van der Waals surface area contributed by atoms with Crippen molar-refractivity contribution in [2.45, 2.75) is 25.2 Å². The van der Waals surface area contributed by atoms with E-state index in [2.05, 4.69) is 40.0 Å². The summed E-state index contributed by atoms with van der Waals surface area (Å²) in [7, 11) is 0. The fourth-order valence-corrected chi connectivity index (χ4v) is 4.15. The predicted molar refractivity (Wildman–Crippen MR) is 115 cm³/mol. The molecule has 0 saturated carbocycles. The number of benzene rings is 2. The number of hydrogen-bond donors (Lipinski definition) is 3. The molecule has 4 rings (SSSR count). The first-order valence-electron chi connectivity index (χ1n) is 9.52. The largest absolute Gasteiger partial charge is 0.361 e. The van der Waals surface area contributed by atoms with Crippen molar-refractivity contribution in [3.8, 4) is 0 Å². The number of H-pyrrole nitrogens is 1. The zero-order valence-corrected chi connectivity index (χ0v) is 16.2. The average molecular weight is 396 g/mol. The number of hydrogen-bond acceptors (Lipinski definition) is 3. The Labute approximate surface area is 168 Å². The van der Waals surface area contributed by atoms with Gasteiger partial charge in [0.05, 0.1) is 11.6 Å². The van der Waals surface area contributed by atoms with Gasteiger partial charge in [0.25, 0.3) is 0 Å². The van der Waals surface area contributed by atoms with E-state index in [0.717, 1.165) is 37.9 Å². The van der Waals surface area contributed by atoms with Crippen LogP contribution < -0.4 is 10.6 Å². The average Bonchev–Trinajstić information content (AvgIpc) is 3.27. The van der Waals surface area contributed by atoms with Gasteiger partial charge in [-0.1, -0.05) is 36.5 Å². The van der Waals surface area contributed by atoms with Crippen molar-refractivity contribution in [2.75, 3.05) is 18.4 Å². The van der Waals surface area contributed by atoms with E-state index in [1.807, 2.05) is 6.07 Å². The van der Waals surface area contributed by atoms with Crippen LogP contribution in [-0.4, -0.2) is 29.3 Å². The standard InChI is InChI=1S/C22H22FN3OS/c23-18-8-7-14(20-17(13-28)22(27)26-21(18)20)9-11-24-10-3-4-15-12-25-19-6-2-1-5-16(15)19/h1-2,5-8,12-13,17,24-25H,3-4,9-11H2,(H,26,27). The number of carbonyl (C=O) groups excluding carboxylic acids is 1. The van der Waals surface area contributed by atoms with Gasteiger partial charge < -0.3 is 15.6 Å². The van der Waals surface area contributed by atoms with Crippen molar-refractivity contribution in [3.05, 3.63) is 65.1 Å². The number of halogens is 1. The molecule has 0 saturated heterocycles. The highest BCUT2D eigenvalue weighted by atomic mass is 32.1. The number of nitrogens with one attached hydrogen (secondary N) is 3. The van der Waals surface area contributed by atoms with Crippen molar-refractivity contribution in [3.63, 3.8) is 0 Å². The molecule has 1 amide bonds. The number of para-hydroxylation sites is 1. The number of aromatic nitrogens is 1. The van der Waals surface area contributed by atoms with Crippen LogP contribution in [0.15, 0.2) is 42.6 Å². The molecule has 3 N–H and O–H groups in total. The van der Waals surface area contributed by atoms with E-state index < -0.39 is 11.7 Å². The van der Waals surface area contributed by atoms with Crippen molar-refractivity contribution >= 4 is 40.1 Å². The Morgan fingerprint density at radius 2 is 1.96 bits per heavy atom. The topological polar surface area (TPSA) is 56.9 Å². The number of aromatic amines is 1. The Morgan fingerprint density at radius 3 is 2.82 bits per heavy atom. The van der Waals surface area contributed by atoms with Crippen LogP contribution in [0.1, 0.15) is 29.0 Å². The lowest BCUT2D eigenvalue weighted by Crippen LogP contribution is -2.20. The minimum absolute atomic E-state index is 0.247. The highest BCUT2D eigenvalue weighted by Gasteiger charge is 2.33. The second kappa shape index (κ2) is 8.20. The second-order valence-corrected chi connectivity index (χ2v) is 7.33. The Hall–Kier alpha value is -2.57. The van der Waals surface area contributed by atoms with Crippen LogP contribution in [0.3, 0.4) is 0 Å². The van der Waals surface area contributed by atoms with Crippen molar-refractivity contribution in [1.82, 2.24) is 10.3 Å². The smallest absolute Gasteiger partial charge is 0.236 e. The fraction of sp³-hybridized carbons (Fsp3) is 0.273. The maximum atomic E-state index is 14.0. The van der Waals surface area contributed by atoms with Gasteiger partial charge in [0, 0.05) is 17.1 Å². The van der Waals surface area contributed by atoms with E-state index in [1.54, 1.807) is 6.07 Å². The summed E-state index contributed by atoms with van der Waals surface area (Å²) in [5, 5.41) is 8.76. The summed E-state index contributed by atoms with van der Waals surface area (Å²) in [4.78, 5) is 15.3. The van der Waals surface area contributed by atoms with E-state index in [9.17, 15) is 9.18 Å². The molecule has 0 spiro atoms. The minimum Gasteiger partial charge on any atom is -0.361 e. The van der Waals surface area contributed by atoms with Gasteiger partial charge >= 0.3 is 0 Å². The first-order valence-corrected chi connectivity index (χ1v) is 9.99. The van der Waals surface area contributed by atoms with E-state index in [4.69, 9.17) is 12.2 Å². The third-order valence-electron chi connectivity index (χ3n) is 5.31. The molecule has 0 bridgehead atoms. The summed E-state index contributed by atoms with van der Waals surface area (Å²) in [6.07, 6.45) is 4.85. The molecule has 1 aromatic heterocycles. The fourth-order valence-electron chi connectivity index (χ4n) is 3.89. The van der Waals surface area contributed by atoms with Crippen LogP contribution >= 0.6 is 12.2 Å². The number of rotatable bonds is 8. The van der Waals surface area contributed by atoms with E-state index in [1.165, 1.54) is 27.9 Å². The maximum Gasteiger partial charge on any atom is 0.236 e. The summed E-state index contributed by atoms with van der Waals surface area (Å²) >= 11 is 4.98. The highest BCUT2D eigenvalue weighted by molar-refractivity contribution is 7.79. The number of amides is 1. The van der Waals surface area contributed by atoms with Gasteiger partial charge in [-0.3, -0.25) is 4.79 Å². The molecule has 144 valence electrons. The molecule has 1 aliphatic rings. The first-order chi connectivity index (χ1) is 13.7. The van der Waals surface area contributed by atoms with Gasteiger partial charge in [-0.2, -0.15) is 0 Å². The van der Waals surface area contributed by atoms with E-state index >= 15 is 0 Å². The quantitative estimate of drug-likeness (QED) is 0.397. The van der Waals surface area contributed by atoms with Gasteiger partial charge in [0.15, 0.2) is 0 Å². The van der Waals surface area contributed by atoms with Crippen molar-refractivity contribution in [2.24, 2.45) is 0 Å².